The number of benzene rings is 1. The number of para-hydroxylation sites is 1. The second-order valence-electron chi connectivity index (χ2n) is 4.50. The van der Waals surface area contributed by atoms with Crippen LogP contribution in [0.25, 0.3) is 10.9 Å². The highest BCUT2D eigenvalue weighted by Gasteiger charge is 2.25. The molecular weight excluding hydrogens is 214 g/mol. The third-order valence-electron chi connectivity index (χ3n) is 3.34. The van der Waals surface area contributed by atoms with Gasteiger partial charge < -0.3 is 5.32 Å². The zero-order valence-corrected chi connectivity index (χ0v) is 9.81. The van der Waals surface area contributed by atoms with Gasteiger partial charge in [0.2, 0.25) is 0 Å². The largest absolute Gasteiger partial charge is 0.306 e. The van der Waals surface area contributed by atoms with Crippen molar-refractivity contribution in [2.45, 2.75) is 25.8 Å². The van der Waals surface area contributed by atoms with Gasteiger partial charge in [-0.05, 0) is 32.4 Å². The normalized spacial score (nSPS) is 19.9. The van der Waals surface area contributed by atoms with Crippen LogP contribution in [0.1, 0.15) is 23.3 Å². The van der Waals surface area contributed by atoms with Crippen molar-refractivity contribution >= 4 is 16.8 Å². The first-order valence-electron chi connectivity index (χ1n) is 5.99. The van der Waals surface area contributed by atoms with E-state index in [9.17, 15) is 4.79 Å². The standard InChI is InChI=1S/C13H15N3O/c1-9-10-5-2-3-7-12(10)16(15-9)13(17)11-6-4-8-14-11/h2-3,5,7,11,14H,4,6,8H2,1H3. The lowest BCUT2D eigenvalue weighted by molar-refractivity contribution is 0.0859. The molecule has 88 valence electrons. The van der Waals surface area contributed by atoms with Gasteiger partial charge in [-0.25, -0.2) is 0 Å². The quantitative estimate of drug-likeness (QED) is 0.810. The number of hydrogen-bond acceptors (Lipinski definition) is 3. The molecule has 0 amide bonds. The van der Waals surface area contributed by atoms with Crippen LogP contribution < -0.4 is 5.32 Å². The Balaban J connectivity index is 2.08. The molecule has 0 spiro atoms. The zero-order valence-electron chi connectivity index (χ0n) is 9.81. The first-order chi connectivity index (χ1) is 8.27. The third kappa shape index (κ3) is 1.65. The van der Waals surface area contributed by atoms with Crippen LogP contribution in [0.3, 0.4) is 0 Å². The van der Waals surface area contributed by atoms with Gasteiger partial charge in [-0.3, -0.25) is 4.79 Å². The predicted molar refractivity (Wildman–Crippen MR) is 66.1 cm³/mol. The van der Waals surface area contributed by atoms with E-state index in [4.69, 9.17) is 0 Å². The van der Waals surface area contributed by atoms with Crippen molar-refractivity contribution < 1.29 is 4.79 Å². The van der Waals surface area contributed by atoms with Crippen LogP contribution >= 0.6 is 0 Å². The van der Waals surface area contributed by atoms with E-state index < -0.39 is 0 Å². The minimum absolute atomic E-state index is 0.0619. The fraction of sp³-hybridized carbons (Fsp3) is 0.385. The van der Waals surface area contributed by atoms with Crippen molar-refractivity contribution in [3.63, 3.8) is 0 Å². The Morgan fingerprint density at radius 1 is 1.47 bits per heavy atom. The maximum Gasteiger partial charge on any atom is 0.264 e. The fourth-order valence-corrected chi connectivity index (χ4v) is 2.43. The molecule has 1 fully saturated rings. The predicted octanol–water partition coefficient (Wildman–Crippen LogP) is 1.74. The van der Waals surface area contributed by atoms with Crippen LogP contribution in [0.15, 0.2) is 24.3 Å². The van der Waals surface area contributed by atoms with Crippen molar-refractivity contribution in [1.82, 2.24) is 15.1 Å². The summed E-state index contributed by atoms with van der Waals surface area (Å²) in [5.74, 6) is 0.0619. The lowest BCUT2D eigenvalue weighted by atomic mass is 10.2. The Morgan fingerprint density at radius 2 is 2.29 bits per heavy atom. The molecule has 4 heteroatoms. The van der Waals surface area contributed by atoms with E-state index >= 15 is 0 Å². The number of fused-ring (bicyclic) bond motifs is 1. The summed E-state index contributed by atoms with van der Waals surface area (Å²) in [6.07, 6.45) is 1.97. The van der Waals surface area contributed by atoms with Crippen molar-refractivity contribution in [2.24, 2.45) is 0 Å². The first kappa shape index (κ1) is 10.5. The van der Waals surface area contributed by atoms with Crippen molar-refractivity contribution in [3.8, 4) is 0 Å². The molecule has 2 heterocycles. The highest BCUT2D eigenvalue weighted by molar-refractivity contribution is 5.94. The molecule has 0 radical (unpaired) electrons. The number of hydrogen-bond donors (Lipinski definition) is 1. The van der Waals surface area contributed by atoms with Gasteiger partial charge in [0.25, 0.3) is 5.91 Å². The average molecular weight is 229 g/mol. The molecule has 3 rings (SSSR count). The Bertz CT molecular complexity index is 567. The molecule has 1 unspecified atom stereocenters. The van der Waals surface area contributed by atoms with E-state index in [1.165, 1.54) is 0 Å². The van der Waals surface area contributed by atoms with Gasteiger partial charge in [-0.15, -0.1) is 0 Å². The van der Waals surface area contributed by atoms with E-state index in [1.807, 2.05) is 31.2 Å². The van der Waals surface area contributed by atoms with Gasteiger partial charge in [-0.1, -0.05) is 18.2 Å². The Morgan fingerprint density at radius 3 is 3.06 bits per heavy atom. The molecule has 1 atom stereocenters. The van der Waals surface area contributed by atoms with Crippen LogP contribution in [0.5, 0.6) is 0 Å². The summed E-state index contributed by atoms with van der Waals surface area (Å²) in [6.45, 7) is 2.86. The average Bonchev–Trinajstić information content (AvgIpc) is 2.97. The van der Waals surface area contributed by atoms with Crippen LogP contribution in [-0.2, 0) is 0 Å². The molecule has 0 bridgehead atoms. The molecule has 1 N–H and O–H groups in total. The topological polar surface area (TPSA) is 46.9 Å². The SMILES string of the molecule is Cc1nn(C(=O)C2CCCN2)c2ccccc12. The molecule has 1 saturated heterocycles. The molecule has 1 aromatic heterocycles. The molecule has 4 nitrogen and oxygen atoms in total. The van der Waals surface area contributed by atoms with E-state index in [1.54, 1.807) is 4.68 Å². The van der Waals surface area contributed by atoms with Crippen LogP contribution in [0.2, 0.25) is 0 Å². The smallest absolute Gasteiger partial charge is 0.264 e. The van der Waals surface area contributed by atoms with E-state index in [-0.39, 0.29) is 11.9 Å². The lowest BCUT2D eigenvalue weighted by Gasteiger charge is -2.09. The molecule has 0 aliphatic carbocycles. The van der Waals surface area contributed by atoms with E-state index in [0.717, 1.165) is 36.0 Å². The first-order valence-corrected chi connectivity index (χ1v) is 5.99. The molecule has 0 saturated carbocycles. The van der Waals surface area contributed by atoms with Crippen molar-refractivity contribution in [2.75, 3.05) is 6.54 Å². The molecule has 17 heavy (non-hydrogen) atoms. The maximum absolute atomic E-state index is 12.3. The second kappa shape index (κ2) is 3.96. The monoisotopic (exact) mass is 229 g/mol. The highest BCUT2D eigenvalue weighted by atomic mass is 16.2. The van der Waals surface area contributed by atoms with Crippen LogP contribution in [0, 0.1) is 6.92 Å². The Hall–Kier alpha value is -1.68. The lowest BCUT2D eigenvalue weighted by Crippen LogP contribution is -2.35. The number of rotatable bonds is 1. The maximum atomic E-state index is 12.3. The number of carbonyl (C=O) groups is 1. The van der Waals surface area contributed by atoms with Gasteiger partial charge in [0.15, 0.2) is 0 Å². The molecule has 1 aromatic carbocycles. The Labute approximate surface area is 99.6 Å². The van der Waals surface area contributed by atoms with E-state index in [2.05, 4.69) is 10.4 Å². The molecule has 2 aromatic rings. The fourth-order valence-electron chi connectivity index (χ4n) is 2.43. The van der Waals surface area contributed by atoms with Gasteiger partial charge in [0.1, 0.15) is 0 Å². The van der Waals surface area contributed by atoms with Gasteiger partial charge >= 0.3 is 0 Å². The van der Waals surface area contributed by atoms with Gasteiger partial charge in [-0.2, -0.15) is 9.78 Å². The number of nitrogens with one attached hydrogen (secondary N) is 1. The summed E-state index contributed by atoms with van der Waals surface area (Å²) in [7, 11) is 0. The minimum atomic E-state index is -0.0716. The summed E-state index contributed by atoms with van der Waals surface area (Å²) in [6, 6.07) is 7.79. The van der Waals surface area contributed by atoms with Crippen molar-refractivity contribution in [3.05, 3.63) is 30.0 Å². The number of carbonyl (C=O) groups excluding carboxylic acids is 1. The van der Waals surface area contributed by atoms with Crippen LogP contribution in [-0.4, -0.2) is 28.3 Å². The number of aromatic nitrogens is 2. The third-order valence-corrected chi connectivity index (χ3v) is 3.34. The summed E-state index contributed by atoms with van der Waals surface area (Å²) >= 11 is 0. The van der Waals surface area contributed by atoms with Gasteiger partial charge in [0, 0.05) is 5.39 Å². The number of nitrogens with zero attached hydrogens (tertiary/aromatic N) is 2. The molecular formula is C13H15N3O. The summed E-state index contributed by atoms with van der Waals surface area (Å²) in [4.78, 5) is 12.3. The highest BCUT2D eigenvalue weighted by Crippen LogP contribution is 2.19. The minimum Gasteiger partial charge on any atom is -0.306 e. The summed E-state index contributed by atoms with van der Waals surface area (Å²) < 4.78 is 1.55. The molecule has 1 aliphatic heterocycles. The molecule has 1 aliphatic rings. The Kier molecular flexibility index (Phi) is 2.44. The second-order valence-corrected chi connectivity index (χ2v) is 4.50. The van der Waals surface area contributed by atoms with Gasteiger partial charge in [0.05, 0.1) is 17.3 Å². The number of aryl methyl sites for hydroxylation is 1. The van der Waals surface area contributed by atoms with Crippen LogP contribution in [0.4, 0.5) is 0 Å². The zero-order chi connectivity index (χ0) is 11.8. The summed E-state index contributed by atoms with van der Waals surface area (Å²) in [5.41, 5.74) is 1.82. The summed E-state index contributed by atoms with van der Waals surface area (Å²) in [5, 5.41) is 8.63. The van der Waals surface area contributed by atoms with E-state index in [0.29, 0.717) is 0 Å². The van der Waals surface area contributed by atoms with Crippen molar-refractivity contribution in [1.29, 1.82) is 0 Å².